The first-order valence-electron chi connectivity index (χ1n) is 14.9. The molecular weight excluding hydrogens is 565 g/mol. The Morgan fingerprint density at radius 1 is 0.909 bits per heavy atom. The van der Waals surface area contributed by atoms with E-state index < -0.39 is 11.7 Å². The van der Waals surface area contributed by atoms with E-state index in [1.807, 2.05) is 42.5 Å². The number of benzene rings is 4. The Bertz CT molecular complexity index is 1500. The number of amides is 1. The zero-order chi connectivity index (χ0) is 30.9. The van der Waals surface area contributed by atoms with Gasteiger partial charge >= 0.3 is 6.18 Å². The summed E-state index contributed by atoms with van der Waals surface area (Å²) in [6.45, 7) is 5.26. The Hall–Kier alpha value is -4.18. The summed E-state index contributed by atoms with van der Waals surface area (Å²) in [5.41, 5.74) is 3.43. The quantitative estimate of drug-likeness (QED) is 0.114. The van der Waals surface area contributed by atoms with Gasteiger partial charge in [-0.2, -0.15) is 13.2 Å². The lowest BCUT2D eigenvalue weighted by Gasteiger charge is -2.28. The molecule has 1 heterocycles. The highest BCUT2D eigenvalue weighted by atomic mass is 19.4. The Morgan fingerprint density at radius 3 is 2.30 bits per heavy atom. The zero-order valence-electron chi connectivity index (χ0n) is 24.6. The van der Waals surface area contributed by atoms with Crippen molar-refractivity contribution in [3.63, 3.8) is 0 Å². The molecule has 1 amide bonds. The number of alkyl halides is 3. The van der Waals surface area contributed by atoms with E-state index in [9.17, 15) is 18.0 Å². The normalized spacial score (nSPS) is 16.0. The van der Waals surface area contributed by atoms with Crippen LogP contribution >= 0.6 is 0 Å². The molecule has 1 saturated heterocycles. The Morgan fingerprint density at radius 2 is 1.59 bits per heavy atom. The molecule has 2 atom stereocenters. The highest BCUT2D eigenvalue weighted by molar-refractivity contribution is 6.08. The predicted octanol–water partition coefficient (Wildman–Crippen LogP) is 7.78. The minimum absolute atomic E-state index is 0.129. The van der Waals surface area contributed by atoms with Crippen molar-refractivity contribution < 1.29 is 22.7 Å². The monoisotopic (exact) mass is 602 g/mol. The maximum absolute atomic E-state index is 13.2. The first-order chi connectivity index (χ1) is 21.3. The van der Waals surface area contributed by atoms with Gasteiger partial charge in [-0.1, -0.05) is 67.6 Å². The Kier molecular flexibility index (Phi) is 10.3. The second-order valence-electron chi connectivity index (χ2n) is 10.9. The smallest absolute Gasteiger partial charge is 0.381 e. The van der Waals surface area contributed by atoms with Crippen LogP contribution in [-0.2, 0) is 10.9 Å². The van der Waals surface area contributed by atoms with Gasteiger partial charge in [0, 0.05) is 36.1 Å². The highest BCUT2D eigenvalue weighted by Crippen LogP contribution is 2.32. The zero-order valence-corrected chi connectivity index (χ0v) is 24.6. The van der Waals surface area contributed by atoms with Crippen LogP contribution in [0.25, 0.3) is 11.1 Å². The number of carbonyl (C=O) groups is 1. The number of hydrogen-bond acceptors (Lipinski definition) is 5. The molecule has 1 aliphatic heterocycles. The summed E-state index contributed by atoms with van der Waals surface area (Å²) >= 11 is 0. The molecule has 4 aromatic carbocycles. The fraction of sp³-hybridized carbons (Fsp3) is 0.286. The molecule has 0 aliphatic carbocycles. The molecule has 4 aromatic rings. The van der Waals surface area contributed by atoms with E-state index in [2.05, 4.69) is 39.9 Å². The molecule has 6 nitrogen and oxygen atoms in total. The number of ether oxygens (including phenoxy) is 1. The SMILES string of the molecule is CCCNCOC(c1ccccc1)N1CCC(Nc2ccc(NC(=O)c3ccccc3-c3ccc(C(F)(F)F)cc3)cc2)C1. The van der Waals surface area contributed by atoms with E-state index in [-0.39, 0.29) is 18.2 Å². The van der Waals surface area contributed by atoms with E-state index in [1.54, 1.807) is 24.3 Å². The maximum atomic E-state index is 13.2. The van der Waals surface area contributed by atoms with Gasteiger partial charge in [0.25, 0.3) is 5.91 Å². The van der Waals surface area contributed by atoms with Crippen LogP contribution in [-0.4, -0.2) is 43.2 Å². The molecule has 0 bridgehead atoms. The third kappa shape index (κ3) is 8.05. The second kappa shape index (κ2) is 14.5. The summed E-state index contributed by atoms with van der Waals surface area (Å²) in [6.07, 6.45) is -2.53. The average Bonchev–Trinajstić information content (AvgIpc) is 3.50. The van der Waals surface area contributed by atoms with Crippen LogP contribution in [0.3, 0.4) is 0 Å². The van der Waals surface area contributed by atoms with Gasteiger partial charge in [-0.25, -0.2) is 0 Å². The van der Waals surface area contributed by atoms with E-state index >= 15 is 0 Å². The van der Waals surface area contributed by atoms with Gasteiger partial charge in [0.2, 0.25) is 0 Å². The summed E-state index contributed by atoms with van der Waals surface area (Å²) in [6, 6.07) is 29.7. The number of halogens is 3. The molecule has 44 heavy (non-hydrogen) atoms. The summed E-state index contributed by atoms with van der Waals surface area (Å²) in [4.78, 5) is 15.5. The summed E-state index contributed by atoms with van der Waals surface area (Å²) in [5, 5.41) is 9.85. The van der Waals surface area contributed by atoms with Crippen LogP contribution < -0.4 is 16.0 Å². The standard InChI is InChI=1S/C35H37F3N4O2/c1-2-21-39-24-44-34(26-8-4-3-5-9-26)42-22-20-30(23-42)40-28-16-18-29(19-17-28)41-33(43)32-11-7-6-10-31(32)25-12-14-27(15-13-25)35(36,37)38/h3-19,30,34,39-40H,2,20-24H2,1H3,(H,41,43). The molecule has 0 radical (unpaired) electrons. The lowest BCUT2D eigenvalue weighted by Crippen LogP contribution is -2.33. The molecule has 0 aromatic heterocycles. The van der Waals surface area contributed by atoms with Crippen LogP contribution in [0.1, 0.15) is 47.5 Å². The number of nitrogens with zero attached hydrogens (tertiary/aromatic N) is 1. The molecule has 5 rings (SSSR count). The van der Waals surface area contributed by atoms with Crippen molar-refractivity contribution in [2.75, 3.05) is 37.0 Å². The third-order valence-electron chi connectivity index (χ3n) is 7.61. The fourth-order valence-corrected chi connectivity index (χ4v) is 5.39. The van der Waals surface area contributed by atoms with E-state index in [4.69, 9.17) is 4.74 Å². The van der Waals surface area contributed by atoms with Crippen LogP contribution in [0.2, 0.25) is 0 Å². The number of likely N-dealkylation sites (tertiary alicyclic amines) is 1. The van der Waals surface area contributed by atoms with Gasteiger partial charge in [0.15, 0.2) is 0 Å². The van der Waals surface area contributed by atoms with Crippen LogP contribution in [0.15, 0.2) is 103 Å². The van der Waals surface area contributed by atoms with Gasteiger partial charge in [0.05, 0.1) is 12.3 Å². The number of nitrogens with one attached hydrogen (secondary N) is 3. The average molecular weight is 603 g/mol. The van der Waals surface area contributed by atoms with Crippen molar-refractivity contribution in [3.8, 4) is 11.1 Å². The first-order valence-corrected chi connectivity index (χ1v) is 14.9. The lowest BCUT2D eigenvalue weighted by atomic mass is 9.98. The Labute approximate surface area is 256 Å². The van der Waals surface area contributed by atoms with Crippen LogP contribution in [0, 0.1) is 0 Å². The Balaban J connectivity index is 1.19. The molecule has 3 N–H and O–H groups in total. The summed E-state index contributed by atoms with van der Waals surface area (Å²) in [5.74, 6) is -0.340. The van der Waals surface area contributed by atoms with Crippen molar-refractivity contribution in [2.45, 2.75) is 38.2 Å². The van der Waals surface area contributed by atoms with Crippen LogP contribution in [0.4, 0.5) is 24.5 Å². The molecule has 230 valence electrons. The summed E-state index contributed by atoms with van der Waals surface area (Å²) in [7, 11) is 0. The summed E-state index contributed by atoms with van der Waals surface area (Å²) < 4.78 is 45.3. The number of hydrogen-bond donors (Lipinski definition) is 3. The van der Waals surface area contributed by atoms with Gasteiger partial charge in [-0.15, -0.1) is 0 Å². The molecule has 9 heteroatoms. The largest absolute Gasteiger partial charge is 0.416 e. The minimum atomic E-state index is -4.42. The van der Waals surface area contributed by atoms with Crippen molar-refractivity contribution in [2.24, 2.45) is 0 Å². The number of rotatable bonds is 12. The minimum Gasteiger partial charge on any atom is -0.381 e. The lowest BCUT2D eigenvalue weighted by molar-refractivity contribution is -0.137. The first kappa shape index (κ1) is 31.3. The molecule has 0 spiro atoms. The fourth-order valence-electron chi connectivity index (χ4n) is 5.39. The molecule has 0 saturated carbocycles. The van der Waals surface area contributed by atoms with Gasteiger partial charge in [0.1, 0.15) is 6.23 Å². The van der Waals surface area contributed by atoms with Crippen molar-refractivity contribution in [3.05, 3.63) is 120 Å². The van der Waals surface area contributed by atoms with Crippen molar-refractivity contribution in [1.29, 1.82) is 0 Å². The predicted molar refractivity (Wildman–Crippen MR) is 168 cm³/mol. The highest BCUT2D eigenvalue weighted by Gasteiger charge is 2.31. The van der Waals surface area contributed by atoms with Crippen molar-refractivity contribution in [1.82, 2.24) is 10.2 Å². The van der Waals surface area contributed by atoms with E-state index in [0.717, 1.165) is 55.9 Å². The molecule has 1 aliphatic rings. The second-order valence-corrected chi connectivity index (χ2v) is 10.9. The van der Waals surface area contributed by atoms with E-state index in [0.29, 0.717) is 29.1 Å². The van der Waals surface area contributed by atoms with Gasteiger partial charge in [-0.05, 0) is 78.5 Å². The van der Waals surface area contributed by atoms with Gasteiger partial charge in [-0.3, -0.25) is 15.0 Å². The van der Waals surface area contributed by atoms with Gasteiger partial charge < -0.3 is 15.4 Å². The molecular formula is C35H37F3N4O2. The van der Waals surface area contributed by atoms with E-state index in [1.165, 1.54) is 12.1 Å². The molecule has 1 fully saturated rings. The topological polar surface area (TPSA) is 65.6 Å². The molecule has 2 unspecified atom stereocenters. The van der Waals surface area contributed by atoms with Crippen LogP contribution in [0.5, 0.6) is 0 Å². The van der Waals surface area contributed by atoms with Crippen molar-refractivity contribution >= 4 is 17.3 Å². The number of carbonyl (C=O) groups excluding carboxylic acids is 1. The third-order valence-corrected chi connectivity index (χ3v) is 7.61. The maximum Gasteiger partial charge on any atom is 0.416 e. The number of anilines is 2.